The summed E-state index contributed by atoms with van der Waals surface area (Å²) in [4.78, 5) is 11.4. The second kappa shape index (κ2) is 6.81. The van der Waals surface area contributed by atoms with Crippen LogP contribution in [0, 0.1) is 11.3 Å². The van der Waals surface area contributed by atoms with Gasteiger partial charge in [0.15, 0.2) is 0 Å². The van der Waals surface area contributed by atoms with Gasteiger partial charge in [0.1, 0.15) is 0 Å². The predicted octanol–water partition coefficient (Wildman–Crippen LogP) is 2.09. The van der Waals surface area contributed by atoms with Crippen LogP contribution in [0.3, 0.4) is 0 Å². The Kier molecular flexibility index (Phi) is 5.39. The van der Waals surface area contributed by atoms with Crippen molar-refractivity contribution in [3.05, 3.63) is 34.4 Å². The molecule has 0 saturated heterocycles. The lowest BCUT2D eigenvalue weighted by atomic mass is 9.96. The number of aliphatic hydroxyl groups is 1. The van der Waals surface area contributed by atoms with E-state index in [1.807, 2.05) is 0 Å². The van der Waals surface area contributed by atoms with Gasteiger partial charge in [-0.1, -0.05) is 0 Å². The summed E-state index contributed by atoms with van der Waals surface area (Å²) < 4.78 is 30.7. The standard InChI is InChI=1S/C13H13F2NO3/c1-2-19-11(18)5-9-3-8(6-16)4-10(7-17)12(9)13(14)15/h3-4,13,17H,2,5,7H2,1H3. The van der Waals surface area contributed by atoms with E-state index in [1.165, 1.54) is 12.1 Å². The minimum Gasteiger partial charge on any atom is -0.466 e. The third-order valence-electron chi connectivity index (χ3n) is 2.51. The van der Waals surface area contributed by atoms with Crippen LogP contribution in [0.15, 0.2) is 12.1 Å². The van der Waals surface area contributed by atoms with E-state index in [1.54, 1.807) is 13.0 Å². The smallest absolute Gasteiger partial charge is 0.310 e. The molecule has 0 aliphatic carbocycles. The van der Waals surface area contributed by atoms with Crippen molar-refractivity contribution in [1.82, 2.24) is 0 Å². The molecule has 6 heteroatoms. The molecule has 0 atom stereocenters. The van der Waals surface area contributed by atoms with Gasteiger partial charge in [-0.25, -0.2) is 8.78 Å². The lowest BCUT2D eigenvalue weighted by Crippen LogP contribution is -2.11. The van der Waals surface area contributed by atoms with Gasteiger partial charge in [-0.15, -0.1) is 0 Å². The predicted molar refractivity (Wildman–Crippen MR) is 62.4 cm³/mol. The molecule has 1 aromatic rings. The zero-order valence-electron chi connectivity index (χ0n) is 10.3. The lowest BCUT2D eigenvalue weighted by Gasteiger charge is -2.13. The average molecular weight is 269 g/mol. The first kappa shape index (κ1) is 15.1. The highest BCUT2D eigenvalue weighted by molar-refractivity contribution is 5.73. The fourth-order valence-electron chi connectivity index (χ4n) is 1.77. The first-order chi connectivity index (χ1) is 9.03. The zero-order chi connectivity index (χ0) is 14.4. The maximum absolute atomic E-state index is 13.0. The Morgan fingerprint density at radius 2 is 2.11 bits per heavy atom. The van der Waals surface area contributed by atoms with Crippen LogP contribution in [0.4, 0.5) is 8.78 Å². The molecule has 0 unspecified atom stereocenters. The minimum absolute atomic E-state index is 0.0107. The number of carbonyl (C=O) groups excluding carboxylic acids is 1. The van der Waals surface area contributed by atoms with Crippen LogP contribution in [-0.4, -0.2) is 17.7 Å². The molecular weight excluding hydrogens is 256 g/mol. The van der Waals surface area contributed by atoms with Crippen molar-refractivity contribution in [2.45, 2.75) is 26.4 Å². The van der Waals surface area contributed by atoms with Gasteiger partial charge in [-0.2, -0.15) is 5.26 Å². The fraction of sp³-hybridized carbons (Fsp3) is 0.385. The first-order valence-corrected chi connectivity index (χ1v) is 5.63. The Balaban J connectivity index is 3.26. The number of esters is 1. The van der Waals surface area contributed by atoms with Crippen molar-refractivity contribution in [2.24, 2.45) is 0 Å². The van der Waals surface area contributed by atoms with E-state index in [2.05, 4.69) is 0 Å². The van der Waals surface area contributed by atoms with Crippen LogP contribution in [0.2, 0.25) is 0 Å². The Hall–Kier alpha value is -2.00. The number of alkyl halides is 2. The number of aliphatic hydroxyl groups excluding tert-OH is 1. The van der Waals surface area contributed by atoms with E-state index in [9.17, 15) is 13.6 Å². The number of carbonyl (C=O) groups is 1. The molecule has 1 rings (SSSR count). The van der Waals surface area contributed by atoms with Crippen LogP contribution < -0.4 is 0 Å². The van der Waals surface area contributed by atoms with Crippen LogP contribution in [0.1, 0.15) is 35.6 Å². The van der Waals surface area contributed by atoms with E-state index in [4.69, 9.17) is 15.1 Å². The Morgan fingerprint density at radius 3 is 2.58 bits per heavy atom. The second-order valence-corrected chi connectivity index (χ2v) is 3.76. The second-order valence-electron chi connectivity index (χ2n) is 3.76. The number of hydrogen-bond acceptors (Lipinski definition) is 4. The maximum Gasteiger partial charge on any atom is 0.310 e. The van der Waals surface area contributed by atoms with E-state index in [0.717, 1.165) is 0 Å². The van der Waals surface area contributed by atoms with Gasteiger partial charge in [-0.05, 0) is 30.2 Å². The Morgan fingerprint density at radius 1 is 1.47 bits per heavy atom. The van der Waals surface area contributed by atoms with Crippen LogP contribution in [0.25, 0.3) is 0 Å². The highest BCUT2D eigenvalue weighted by Gasteiger charge is 2.21. The Bertz CT molecular complexity index is 509. The van der Waals surface area contributed by atoms with E-state index < -0.39 is 24.6 Å². The number of nitrogens with zero attached hydrogens (tertiary/aromatic N) is 1. The molecule has 19 heavy (non-hydrogen) atoms. The van der Waals surface area contributed by atoms with Gasteiger partial charge in [0.25, 0.3) is 6.43 Å². The molecule has 0 aliphatic heterocycles. The minimum atomic E-state index is -2.83. The van der Waals surface area contributed by atoms with Gasteiger partial charge in [0, 0.05) is 5.56 Å². The van der Waals surface area contributed by atoms with Crippen molar-refractivity contribution in [3.63, 3.8) is 0 Å². The molecule has 0 bridgehead atoms. The quantitative estimate of drug-likeness (QED) is 0.831. The van der Waals surface area contributed by atoms with Crippen molar-refractivity contribution < 1.29 is 23.4 Å². The largest absolute Gasteiger partial charge is 0.466 e. The third-order valence-corrected chi connectivity index (χ3v) is 2.51. The average Bonchev–Trinajstić information content (AvgIpc) is 2.37. The zero-order valence-corrected chi connectivity index (χ0v) is 10.3. The highest BCUT2D eigenvalue weighted by atomic mass is 19.3. The fourth-order valence-corrected chi connectivity index (χ4v) is 1.77. The molecular formula is C13H13F2NO3. The highest BCUT2D eigenvalue weighted by Crippen LogP contribution is 2.29. The van der Waals surface area contributed by atoms with Gasteiger partial charge in [0.2, 0.25) is 0 Å². The molecule has 4 nitrogen and oxygen atoms in total. The summed E-state index contributed by atoms with van der Waals surface area (Å²) in [5.41, 5.74) is -0.327. The van der Waals surface area contributed by atoms with Crippen molar-refractivity contribution >= 4 is 5.97 Å². The summed E-state index contributed by atoms with van der Waals surface area (Å²) in [6.45, 7) is 1.13. The number of rotatable bonds is 5. The van der Waals surface area contributed by atoms with Gasteiger partial charge in [-0.3, -0.25) is 4.79 Å². The number of halogens is 2. The summed E-state index contributed by atoms with van der Waals surface area (Å²) >= 11 is 0. The maximum atomic E-state index is 13.0. The summed E-state index contributed by atoms with van der Waals surface area (Å²) in [7, 11) is 0. The van der Waals surface area contributed by atoms with Gasteiger partial charge < -0.3 is 9.84 Å². The summed E-state index contributed by atoms with van der Waals surface area (Å²) in [5, 5.41) is 17.9. The molecule has 0 aromatic heterocycles. The van der Waals surface area contributed by atoms with E-state index in [0.29, 0.717) is 0 Å². The Labute approximate surface area is 109 Å². The van der Waals surface area contributed by atoms with Crippen LogP contribution in [0.5, 0.6) is 0 Å². The lowest BCUT2D eigenvalue weighted by molar-refractivity contribution is -0.142. The molecule has 0 aliphatic rings. The molecule has 0 saturated carbocycles. The van der Waals surface area contributed by atoms with Crippen molar-refractivity contribution in [2.75, 3.05) is 6.61 Å². The molecule has 0 amide bonds. The van der Waals surface area contributed by atoms with Crippen LogP contribution >= 0.6 is 0 Å². The van der Waals surface area contributed by atoms with E-state index in [-0.39, 0.29) is 29.7 Å². The first-order valence-electron chi connectivity index (χ1n) is 5.63. The van der Waals surface area contributed by atoms with E-state index >= 15 is 0 Å². The molecule has 0 spiro atoms. The summed E-state index contributed by atoms with van der Waals surface area (Å²) in [6, 6.07) is 4.22. The molecule has 0 radical (unpaired) electrons. The molecule has 1 N–H and O–H groups in total. The third kappa shape index (κ3) is 3.73. The number of benzene rings is 1. The van der Waals surface area contributed by atoms with Gasteiger partial charge >= 0.3 is 5.97 Å². The molecule has 0 fully saturated rings. The SMILES string of the molecule is CCOC(=O)Cc1cc(C#N)cc(CO)c1C(F)F. The molecule has 1 aromatic carbocycles. The topological polar surface area (TPSA) is 70.3 Å². The van der Waals surface area contributed by atoms with Crippen molar-refractivity contribution in [3.8, 4) is 6.07 Å². The van der Waals surface area contributed by atoms with Crippen LogP contribution in [-0.2, 0) is 22.6 Å². The monoisotopic (exact) mass is 269 g/mol. The van der Waals surface area contributed by atoms with Gasteiger partial charge in [0.05, 0.1) is 31.3 Å². The number of hydrogen-bond donors (Lipinski definition) is 1. The van der Waals surface area contributed by atoms with Crippen molar-refractivity contribution in [1.29, 1.82) is 5.26 Å². The molecule has 0 heterocycles. The number of ether oxygens (including phenoxy) is 1. The molecule has 102 valence electrons. The normalized spacial score (nSPS) is 10.3. The summed E-state index contributed by atoms with van der Waals surface area (Å²) in [5.74, 6) is -0.650. The number of nitriles is 1. The summed E-state index contributed by atoms with van der Waals surface area (Å²) in [6.07, 6.45) is -3.19.